The molecule has 0 aliphatic carbocycles. The van der Waals surface area contributed by atoms with Gasteiger partial charge in [-0.25, -0.2) is 0 Å². The van der Waals surface area contributed by atoms with Gasteiger partial charge in [-0.1, -0.05) is 20.8 Å². The smallest absolute Gasteiger partial charge is 0.233 e. The van der Waals surface area contributed by atoms with E-state index in [0.29, 0.717) is 12.8 Å². The van der Waals surface area contributed by atoms with E-state index in [1.54, 1.807) is 0 Å². The Morgan fingerprint density at radius 2 is 1.43 bits per heavy atom. The largest absolute Gasteiger partial charge is 0.307 e. The van der Waals surface area contributed by atoms with E-state index in [2.05, 4.69) is 39.9 Å². The summed E-state index contributed by atoms with van der Waals surface area (Å²) in [6, 6.07) is 0. The van der Waals surface area contributed by atoms with Crippen LogP contribution in [0.3, 0.4) is 0 Å². The molecule has 0 bridgehead atoms. The molecule has 23 heavy (non-hydrogen) atoms. The molecule has 1 unspecified atom stereocenters. The molecule has 1 N–H and O–H groups in total. The van der Waals surface area contributed by atoms with E-state index in [1.165, 1.54) is 4.90 Å². The first-order valence-corrected chi connectivity index (χ1v) is 8.63. The summed E-state index contributed by atoms with van der Waals surface area (Å²) in [5, 5.41) is 3.60. The Morgan fingerprint density at radius 1 is 0.957 bits per heavy atom. The Morgan fingerprint density at radius 3 is 1.78 bits per heavy atom. The maximum absolute atomic E-state index is 12.9. The van der Waals surface area contributed by atoms with Gasteiger partial charge in [-0.2, -0.15) is 0 Å². The van der Waals surface area contributed by atoms with E-state index in [-0.39, 0.29) is 34.2 Å². The van der Waals surface area contributed by atoms with Crippen molar-refractivity contribution in [1.82, 2.24) is 10.2 Å². The minimum atomic E-state index is -0.504. The minimum absolute atomic E-state index is 0.0148. The summed E-state index contributed by atoms with van der Waals surface area (Å²) >= 11 is 0. The lowest BCUT2D eigenvalue weighted by Gasteiger charge is -2.43. The fourth-order valence-corrected chi connectivity index (χ4v) is 4.16. The number of hydrogen-bond acceptors (Lipinski definition) is 3. The lowest BCUT2D eigenvalue weighted by Crippen LogP contribution is -2.58. The van der Waals surface area contributed by atoms with E-state index in [1.807, 2.05) is 34.6 Å². The van der Waals surface area contributed by atoms with Gasteiger partial charge in [0, 0.05) is 23.0 Å². The van der Waals surface area contributed by atoms with E-state index >= 15 is 0 Å². The average molecular weight is 325 g/mol. The highest BCUT2D eigenvalue weighted by Gasteiger charge is 2.50. The van der Waals surface area contributed by atoms with Gasteiger partial charge in [0.2, 0.25) is 11.8 Å². The van der Waals surface area contributed by atoms with Crippen molar-refractivity contribution in [1.29, 1.82) is 0 Å². The van der Waals surface area contributed by atoms with Crippen LogP contribution >= 0.6 is 0 Å². The van der Waals surface area contributed by atoms with Crippen LogP contribution in [0, 0.1) is 11.3 Å². The fourth-order valence-electron chi connectivity index (χ4n) is 4.16. The molecular formula is C19H36N2O2. The number of rotatable bonds is 4. The van der Waals surface area contributed by atoms with E-state index < -0.39 is 5.54 Å². The van der Waals surface area contributed by atoms with E-state index in [4.69, 9.17) is 0 Å². The zero-order chi connectivity index (χ0) is 18.4. The zero-order valence-electron chi connectivity index (χ0n) is 16.8. The van der Waals surface area contributed by atoms with Crippen LogP contribution in [0.15, 0.2) is 0 Å². The van der Waals surface area contributed by atoms with Crippen molar-refractivity contribution in [3.05, 3.63) is 0 Å². The topological polar surface area (TPSA) is 49.4 Å². The first-order valence-electron chi connectivity index (χ1n) is 8.63. The number of nitrogens with one attached hydrogen (secondary N) is 1. The fraction of sp³-hybridized carbons (Fsp3) is 0.895. The molecule has 1 heterocycles. The molecule has 1 rings (SSSR count). The molecule has 1 saturated heterocycles. The molecule has 0 saturated carbocycles. The van der Waals surface area contributed by atoms with Crippen LogP contribution in [0.1, 0.15) is 82.1 Å². The second-order valence-corrected chi connectivity index (χ2v) is 10.4. The molecule has 2 amide bonds. The molecule has 1 fully saturated rings. The Hall–Kier alpha value is -0.900. The molecule has 1 aliphatic rings. The number of imide groups is 1. The number of hydrogen-bond donors (Lipinski definition) is 1. The maximum Gasteiger partial charge on any atom is 0.233 e. The SMILES string of the molecule is CC(C)(C)NC(C)(C)CC(C)(C)N1C(=O)CC(C(C)(C)C)C1=O. The third-order valence-electron chi connectivity index (χ3n) is 4.39. The van der Waals surface area contributed by atoms with Gasteiger partial charge in [0.15, 0.2) is 0 Å². The van der Waals surface area contributed by atoms with Crippen molar-refractivity contribution in [3.8, 4) is 0 Å². The Balaban J connectivity index is 3.00. The second kappa shape index (κ2) is 5.87. The minimum Gasteiger partial charge on any atom is -0.307 e. The first-order chi connectivity index (χ1) is 9.96. The number of likely N-dealkylation sites (tertiary alicyclic amines) is 1. The molecule has 1 aliphatic heterocycles. The second-order valence-electron chi connectivity index (χ2n) is 10.4. The average Bonchev–Trinajstić information content (AvgIpc) is 2.47. The summed E-state index contributed by atoms with van der Waals surface area (Å²) in [6.07, 6.45) is 1.05. The summed E-state index contributed by atoms with van der Waals surface area (Å²) in [7, 11) is 0. The molecule has 0 aromatic heterocycles. The van der Waals surface area contributed by atoms with Gasteiger partial charge in [0.05, 0.1) is 5.92 Å². The number of carbonyl (C=O) groups is 2. The lowest BCUT2D eigenvalue weighted by molar-refractivity contribution is -0.147. The highest BCUT2D eigenvalue weighted by atomic mass is 16.2. The molecule has 134 valence electrons. The molecule has 4 nitrogen and oxygen atoms in total. The summed E-state index contributed by atoms with van der Waals surface area (Å²) in [4.78, 5) is 26.9. The predicted molar refractivity (Wildman–Crippen MR) is 95.1 cm³/mol. The van der Waals surface area contributed by atoms with Gasteiger partial charge in [0.25, 0.3) is 0 Å². The van der Waals surface area contributed by atoms with Crippen molar-refractivity contribution in [2.45, 2.75) is 98.7 Å². The quantitative estimate of drug-likeness (QED) is 0.801. The predicted octanol–water partition coefficient (Wildman–Crippen LogP) is 3.74. The molecule has 0 radical (unpaired) electrons. The van der Waals surface area contributed by atoms with E-state index in [9.17, 15) is 9.59 Å². The Kier molecular flexibility index (Phi) is 5.14. The number of amides is 2. The summed E-state index contributed by atoms with van der Waals surface area (Å²) in [6.45, 7) is 20.7. The summed E-state index contributed by atoms with van der Waals surface area (Å²) in [5.41, 5.74) is -0.888. The molecule has 0 spiro atoms. The van der Waals surface area contributed by atoms with Crippen LogP contribution in [0.2, 0.25) is 0 Å². The third kappa shape index (κ3) is 5.03. The van der Waals surface area contributed by atoms with Crippen LogP contribution in [0.25, 0.3) is 0 Å². The normalized spacial score (nSPS) is 21.3. The van der Waals surface area contributed by atoms with Gasteiger partial charge in [-0.3, -0.25) is 14.5 Å². The van der Waals surface area contributed by atoms with Gasteiger partial charge >= 0.3 is 0 Å². The monoisotopic (exact) mass is 324 g/mol. The highest BCUT2D eigenvalue weighted by Crippen LogP contribution is 2.40. The Bertz CT molecular complexity index is 479. The van der Waals surface area contributed by atoms with Crippen molar-refractivity contribution < 1.29 is 9.59 Å². The van der Waals surface area contributed by atoms with Gasteiger partial charge in [-0.05, 0) is 60.3 Å². The van der Waals surface area contributed by atoms with Gasteiger partial charge < -0.3 is 5.32 Å². The third-order valence-corrected chi connectivity index (χ3v) is 4.39. The van der Waals surface area contributed by atoms with Gasteiger partial charge in [0.1, 0.15) is 0 Å². The van der Waals surface area contributed by atoms with Crippen LogP contribution in [0.4, 0.5) is 0 Å². The van der Waals surface area contributed by atoms with Crippen molar-refractivity contribution in [3.63, 3.8) is 0 Å². The standard InChI is InChI=1S/C19H36N2O2/c1-16(2,3)13-11-14(22)21(15(13)23)19(9,10)12-18(7,8)20-17(4,5)6/h13,20H,11-12H2,1-10H3. The molecule has 0 aromatic rings. The van der Waals surface area contributed by atoms with Crippen molar-refractivity contribution in [2.24, 2.45) is 11.3 Å². The molecule has 1 atom stereocenters. The Labute approximate surface area is 142 Å². The first kappa shape index (κ1) is 20.1. The van der Waals surface area contributed by atoms with Crippen LogP contribution in [-0.4, -0.2) is 33.3 Å². The van der Waals surface area contributed by atoms with Crippen LogP contribution < -0.4 is 5.32 Å². The van der Waals surface area contributed by atoms with Crippen LogP contribution in [0.5, 0.6) is 0 Å². The van der Waals surface area contributed by atoms with E-state index in [0.717, 1.165) is 0 Å². The summed E-state index contributed by atoms with van der Waals surface area (Å²) in [5.74, 6) is -0.265. The number of nitrogens with zero attached hydrogens (tertiary/aromatic N) is 1. The molecular weight excluding hydrogens is 288 g/mol. The van der Waals surface area contributed by atoms with Gasteiger partial charge in [-0.15, -0.1) is 0 Å². The number of carbonyl (C=O) groups excluding carboxylic acids is 2. The maximum atomic E-state index is 12.9. The van der Waals surface area contributed by atoms with Crippen LogP contribution in [-0.2, 0) is 9.59 Å². The molecule has 0 aromatic carbocycles. The van der Waals surface area contributed by atoms with Crippen molar-refractivity contribution >= 4 is 11.8 Å². The molecule has 4 heteroatoms. The highest BCUT2D eigenvalue weighted by molar-refractivity contribution is 6.04. The lowest BCUT2D eigenvalue weighted by atomic mass is 9.79. The zero-order valence-corrected chi connectivity index (χ0v) is 16.8. The summed E-state index contributed by atoms with van der Waals surface area (Å²) < 4.78 is 0. The van der Waals surface area contributed by atoms with Crippen molar-refractivity contribution in [2.75, 3.05) is 0 Å².